The van der Waals surface area contributed by atoms with Crippen molar-refractivity contribution in [1.82, 2.24) is 10.6 Å². The Labute approximate surface area is 180 Å². The molecule has 9 heteroatoms. The van der Waals surface area contributed by atoms with Crippen LogP contribution in [0.1, 0.15) is 52.1 Å². The number of benzene rings is 1. The second-order valence-corrected chi connectivity index (χ2v) is 6.97. The number of urea groups is 1. The molecule has 160 valence electrons. The predicted molar refractivity (Wildman–Crippen MR) is 112 cm³/mol. The quantitative estimate of drug-likeness (QED) is 0.536. The molecule has 0 saturated carbocycles. The Kier molecular flexibility index (Phi) is 8.46. The molecule has 0 aliphatic carbocycles. The van der Waals surface area contributed by atoms with E-state index in [-0.39, 0.29) is 16.7 Å². The Morgan fingerprint density at radius 3 is 2.31 bits per heavy atom. The van der Waals surface area contributed by atoms with Gasteiger partial charge in [0.2, 0.25) is 0 Å². The normalized spacial score (nSPS) is 16.2. The van der Waals surface area contributed by atoms with Gasteiger partial charge in [0, 0.05) is 11.3 Å². The van der Waals surface area contributed by atoms with Gasteiger partial charge in [-0.15, -0.1) is 0 Å². The minimum Gasteiger partial charge on any atom is -0.492 e. The zero-order chi connectivity index (χ0) is 21.6. The van der Waals surface area contributed by atoms with E-state index < -0.39 is 18.0 Å². The summed E-state index contributed by atoms with van der Waals surface area (Å²) in [6.07, 6.45) is 1.23. The van der Waals surface area contributed by atoms with E-state index >= 15 is 0 Å². The number of esters is 1. The van der Waals surface area contributed by atoms with Crippen LogP contribution in [0.3, 0.4) is 0 Å². The first-order valence-electron chi connectivity index (χ1n) is 9.64. The third-order valence-electron chi connectivity index (χ3n) is 4.20. The molecule has 7 nitrogen and oxygen atoms in total. The van der Waals surface area contributed by atoms with Gasteiger partial charge in [-0.25, -0.2) is 9.59 Å². The number of hydrogen-bond acceptors (Lipinski definition) is 5. The summed E-state index contributed by atoms with van der Waals surface area (Å²) in [5.41, 5.74) is 1.26. The molecule has 2 amide bonds. The molecule has 0 saturated heterocycles. The molecule has 1 aliphatic heterocycles. The van der Waals surface area contributed by atoms with Crippen LogP contribution in [-0.4, -0.2) is 31.8 Å². The summed E-state index contributed by atoms with van der Waals surface area (Å²) in [6.45, 7) is 8.17. The summed E-state index contributed by atoms with van der Waals surface area (Å²) < 4.78 is 16.6. The van der Waals surface area contributed by atoms with E-state index in [0.29, 0.717) is 48.0 Å². The predicted octanol–water partition coefficient (Wildman–Crippen LogP) is 4.76. The van der Waals surface area contributed by atoms with Crippen molar-refractivity contribution in [2.45, 2.75) is 46.6 Å². The smallest absolute Gasteiger partial charge is 0.338 e. The Hall–Kier alpha value is -2.12. The van der Waals surface area contributed by atoms with E-state index in [1.54, 1.807) is 19.9 Å². The molecule has 1 aromatic carbocycles. The van der Waals surface area contributed by atoms with Crippen molar-refractivity contribution in [3.63, 3.8) is 0 Å². The maximum absolute atomic E-state index is 12.8. The summed E-state index contributed by atoms with van der Waals surface area (Å²) >= 11 is 12.9. The van der Waals surface area contributed by atoms with Gasteiger partial charge in [-0.2, -0.15) is 0 Å². The monoisotopic (exact) mass is 444 g/mol. The second-order valence-electron chi connectivity index (χ2n) is 6.18. The summed E-state index contributed by atoms with van der Waals surface area (Å²) in [4.78, 5) is 25.1. The van der Waals surface area contributed by atoms with Gasteiger partial charge >= 0.3 is 12.0 Å². The maximum atomic E-state index is 12.8. The third-order valence-corrected chi connectivity index (χ3v) is 4.82. The first-order valence-corrected chi connectivity index (χ1v) is 10.4. The summed E-state index contributed by atoms with van der Waals surface area (Å²) in [5, 5.41) is 5.92. The van der Waals surface area contributed by atoms with Crippen LogP contribution in [-0.2, 0) is 9.53 Å². The standard InChI is InChI=1S/C20H26Cl2N2O5/c1-5-9-13-14(19(25)29-8-4)16(24-20(26)23-13)11-10-12(21)18(28-7-3)15(22)17(11)27-6-2/h10,16H,5-9H2,1-4H3,(H2,23,24,26). The van der Waals surface area contributed by atoms with Crippen LogP contribution in [0, 0.1) is 0 Å². The van der Waals surface area contributed by atoms with Crippen molar-refractivity contribution in [3.05, 3.63) is 32.9 Å². The minimum absolute atomic E-state index is 0.184. The van der Waals surface area contributed by atoms with Crippen LogP contribution in [0.25, 0.3) is 0 Å². The molecule has 1 heterocycles. The highest BCUT2D eigenvalue weighted by atomic mass is 35.5. The molecule has 2 N–H and O–H groups in total. The van der Waals surface area contributed by atoms with Crippen LogP contribution in [0.15, 0.2) is 17.3 Å². The number of rotatable bonds is 9. The third kappa shape index (κ3) is 5.08. The van der Waals surface area contributed by atoms with E-state index in [1.807, 2.05) is 13.8 Å². The lowest BCUT2D eigenvalue weighted by Gasteiger charge is -2.31. The number of amides is 2. The number of nitrogens with one attached hydrogen (secondary N) is 2. The summed E-state index contributed by atoms with van der Waals surface area (Å²) in [6, 6.07) is 0.328. The molecule has 0 spiro atoms. The molecule has 0 aromatic heterocycles. The van der Waals surface area contributed by atoms with Gasteiger partial charge in [0.25, 0.3) is 0 Å². The first-order chi connectivity index (χ1) is 13.9. The lowest BCUT2D eigenvalue weighted by atomic mass is 9.93. The zero-order valence-electron chi connectivity index (χ0n) is 17.0. The van der Waals surface area contributed by atoms with E-state index in [9.17, 15) is 9.59 Å². The average molecular weight is 445 g/mol. The topological polar surface area (TPSA) is 85.9 Å². The van der Waals surface area contributed by atoms with Gasteiger partial charge in [-0.05, 0) is 33.3 Å². The van der Waals surface area contributed by atoms with Crippen LogP contribution >= 0.6 is 23.2 Å². The molecule has 0 radical (unpaired) electrons. The average Bonchev–Trinajstić information content (AvgIpc) is 2.67. The fourth-order valence-electron chi connectivity index (χ4n) is 3.13. The Morgan fingerprint density at radius 2 is 1.72 bits per heavy atom. The summed E-state index contributed by atoms with van der Waals surface area (Å²) in [5.74, 6) is 0.0580. The molecule has 29 heavy (non-hydrogen) atoms. The number of hydrogen-bond donors (Lipinski definition) is 2. The number of allylic oxidation sites excluding steroid dienone is 1. The first kappa shape index (κ1) is 23.2. The van der Waals surface area contributed by atoms with E-state index in [4.69, 9.17) is 37.4 Å². The molecule has 1 unspecified atom stereocenters. The van der Waals surface area contributed by atoms with Crippen LogP contribution in [0.5, 0.6) is 11.5 Å². The Balaban J connectivity index is 2.72. The minimum atomic E-state index is -0.837. The number of ether oxygens (including phenoxy) is 3. The zero-order valence-corrected chi connectivity index (χ0v) is 18.5. The van der Waals surface area contributed by atoms with Crippen LogP contribution < -0.4 is 20.1 Å². The molecule has 2 rings (SSSR count). The molecule has 1 aliphatic rings. The molecular weight excluding hydrogens is 419 g/mol. The van der Waals surface area contributed by atoms with Crippen molar-refractivity contribution in [2.75, 3.05) is 19.8 Å². The van der Waals surface area contributed by atoms with Gasteiger partial charge in [-0.1, -0.05) is 36.5 Å². The van der Waals surface area contributed by atoms with E-state index in [1.165, 1.54) is 0 Å². The lowest BCUT2D eigenvalue weighted by molar-refractivity contribution is -0.139. The van der Waals surface area contributed by atoms with E-state index in [2.05, 4.69) is 10.6 Å². The molecule has 1 aromatic rings. The van der Waals surface area contributed by atoms with Crippen molar-refractivity contribution < 1.29 is 23.8 Å². The molecular formula is C20H26Cl2N2O5. The van der Waals surface area contributed by atoms with Crippen molar-refractivity contribution in [3.8, 4) is 11.5 Å². The summed E-state index contributed by atoms with van der Waals surface area (Å²) in [7, 11) is 0. The van der Waals surface area contributed by atoms with Crippen LogP contribution in [0.2, 0.25) is 10.0 Å². The van der Waals surface area contributed by atoms with Gasteiger partial charge in [0.1, 0.15) is 10.8 Å². The highest BCUT2D eigenvalue weighted by Gasteiger charge is 2.36. The van der Waals surface area contributed by atoms with E-state index in [0.717, 1.165) is 6.42 Å². The fraction of sp³-hybridized carbons (Fsp3) is 0.500. The fourth-order valence-corrected chi connectivity index (χ4v) is 3.77. The van der Waals surface area contributed by atoms with Crippen molar-refractivity contribution in [1.29, 1.82) is 0 Å². The lowest BCUT2D eigenvalue weighted by Crippen LogP contribution is -2.46. The molecule has 1 atom stereocenters. The molecule has 0 bridgehead atoms. The largest absolute Gasteiger partial charge is 0.492 e. The number of carbonyl (C=O) groups is 2. The second kappa shape index (κ2) is 10.6. The molecule has 0 fully saturated rings. The van der Waals surface area contributed by atoms with Crippen molar-refractivity contribution >= 4 is 35.2 Å². The van der Waals surface area contributed by atoms with Gasteiger partial charge < -0.3 is 24.8 Å². The van der Waals surface area contributed by atoms with Gasteiger partial charge in [0.15, 0.2) is 5.75 Å². The highest BCUT2D eigenvalue weighted by Crippen LogP contribution is 2.46. The SMILES string of the molecule is CCCC1=C(C(=O)OCC)C(c2cc(Cl)c(OCC)c(Cl)c2OCC)NC(=O)N1. The van der Waals surface area contributed by atoms with Gasteiger partial charge in [0.05, 0.1) is 36.5 Å². The number of carbonyl (C=O) groups excluding carboxylic acids is 2. The Bertz CT molecular complexity index is 811. The van der Waals surface area contributed by atoms with Crippen molar-refractivity contribution in [2.24, 2.45) is 0 Å². The Morgan fingerprint density at radius 1 is 1.07 bits per heavy atom. The highest BCUT2D eigenvalue weighted by molar-refractivity contribution is 6.38. The van der Waals surface area contributed by atoms with Gasteiger partial charge in [-0.3, -0.25) is 0 Å². The maximum Gasteiger partial charge on any atom is 0.338 e. The number of halogens is 2. The van der Waals surface area contributed by atoms with Crippen LogP contribution in [0.4, 0.5) is 4.79 Å².